The zero-order chi connectivity index (χ0) is 11.7. The van der Waals surface area contributed by atoms with Crippen molar-refractivity contribution in [3.8, 4) is 0 Å². The molecule has 92 valence electrons. The highest BCUT2D eigenvalue weighted by Gasteiger charge is 2.47. The Balaban J connectivity index is 2.08. The number of rotatable bonds is 2. The van der Waals surface area contributed by atoms with Crippen LogP contribution in [-0.4, -0.2) is 61.7 Å². The minimum absolute atomic E-state index is 0.0876. The summed E-state index contributed by atoms with van der Waals surface area (Å²) in [6.45, 7) is 2.65. The summed E-state index contributed by atoms with van der Waals surface area (Å²) in [5.74, 6) is 0. The minimum Gasteiger partial charge on any atom is -0.395 e. The Morgan fingerprint density at radius 2 is 2.12 bits per heavy atom. The average molecular weight is 264 g/mol. The predicted octanol–water partition coefficient (Wildman–Crippen LogP) is -0.777. The Labute approximate surface area is 103 Å². The standard InChI is InChI=1S/C9H16N2O3S2/c1-2-10-9-11-5-7(14)6(13)4(3-12)15-8(5)16-9/h4-8,12-14H,2-3H2,1H3,(H,10,11)/t4-,5-,6-,7-,8?/m1/s1. The summed E-state index contributed by atoms with van der Waals surface area (Å²) in [5, 5.41) is 32.4. The van der Waals surface area contributed by atoms with Crippen LogP contribution >= 0.6 is 23.5 Å². The minimum atomic E-state index is -0.901. The molecule has 0 aromatic carbocycles. The molecule has 5 nitrogen and oxygen atoms in total. The van der Waals surface area contributed by atoms with Gasteiger partial charge in [-0.25, -0.2) is 0 Å². The summed E-state index contributed by atoms with van der Waals surface area (Å²) < 4.78 is 0.0876. The third-order valence-electron chi connectivity index (χ3n) is 2.67. The summed E-state index contributed by atoms with van der Waals surface area (Å²) in [4.78, 5) is 4.36. The van der Waals surface area contributed by atoms with E-state index in [1.807, 2.05) is 6.92 Å². The number of hydrogen-bond acceptors (Lipinski definition) is 7. The van der Waals surface area contributed by atoms with Crippen molar-refractivity contribution in [2.45, 2.75) is 35.0 Å². The van der Waals surface area contributed by atoms with Crippen LogP contribution in [0.3, 0.4) is 0 Å². The van der Waals surface area contributed by atoms with E-state index in [1.165, 1.54) is 11.8 Å². The Morgan fingerprint density at radius 1 is 1.38 bits per heavy atom. The molecule has 7 heteroatoms. The van der Waals surface area contributed by atoms with E-state index in [2.05, 4.69) is 10.3 Å². The van der Waals surface area contributed by atoms with Gasteiger partial charge in [-0.3, -0.25) is 4.99 Å². The molecule has 0 aromatic heterocycles. The Bertz CT molecular complexity index is 290. The normalized spacial score (nSPS) is 42.8. The smallest absolute Gasteiger partial charge is 0.158 e. The van der Waals surface area contributed by atoms with Crippen LogP contribution < -0.4 is 5.32 Å². The summed E-state index contributed by atoms with van der Waals surface area (Å²) >= 11 is 3.06. The second-order valence-electron chi connectivity index (χ2n) is 3.78. The topological polar surface area (TPSA) is 85.1 Å². The molecule has 4 N–H and O–H groups in total. The van der Waals surface area contributed by atoms with Crippen molar-refractivity contribution in [3.05, 3.63) is 0 Å². The van der Waals surface area contributed by atoms with E-state index < -0.39 is 12.2 Å². The number of nitrogens with one attached hydrogen (secondary N) is 1. The number of hydrogen-bond donors (Lipinski definition) is 4. The van der Waals surface area contributed by atoms with E-state index in [1.54, 1.807) is 11.8 Å². The van der Waals surface area contributed by atoms with E-state index in [0.717, 1.165) is 11.7 Å². The number of aliphatic hydroxyl groups excluding tert-OH is 3. The lowest BCUT2D eigenvalue weighted by Gasteiger charge is -2.36. The Kier molecular flexibility index (Phi) is 4.01. The third-order valence-corrected chi connectivity index (χ3v) is 5.60. The Hall–Kier alpha value is 0.0500. The van der Waals surface area contributed by atoms with Gasteiger partial charge in [0.1, 0.15) is 12.1 Å². The highest BCUT2D eigenvalue weighted by Crippen LogP contribution is 2.44. The highest BCUT2D eigenvalue weighted by atomic mass is 32.2. The van der Waals surface area contributed by atoms with E-state index >= 15 is 0 Å². The third kappa shape index (κ3) is 2.19. The van der Waals surface area contributed by atoms with Gasteiger partial charge < -0.3 is 20.6 Å². The van der Waals surface area contributed by atoms with Crippen molar-refractivity contribution in [1.82, 2.24) is 5.32 Å². The summed E-state index contributed by atoms with van der Waals surface area (Å²) in [7, 11) is 0. The van der Waals surface area contributed by atoms with Gasteiger partial charge in [0.15, 0.2) is 5.17 Å². The molecule has 2 rings (SSSR count). The lowest BCUT2D eigenvalue weighted by molar-refractivity contribution is -0.00540. The molecule has 1 saturated heterocycles. The predicted molar refractivity (Wildman–Crippen MR) is 66.8 cm³/mol. The summed E-state index contributed by atoms with van der Waals surface area (Å²) in [6.07, 6.45) is -1.78. The second kappa shape index (κ2) is 5.14. The van der Waals surface area contributed by atoms with Crippen LogP contribution in [0.25, 0.3) is 0 Å². The van der Waals surface area contributed by atoms with Crippen molar-refractivity contribution < 1.29 is 15.3 Å². The maximum Gasteiger partial charge on any atom is 0.158 e. The van der Waals surface area contributed by atoms with Gasteiger partial charge in [-0.15, -0.1) is 11.8 Å². The maximum absolute atomic E-state index is 9.91. The fourth-order valence-electron chi connectivity index (χ4n) is 1.82. The van der Waals surface area contributed by atoms with Gasteiger partial charge in [-0.2, -0.15) is 0 Å². The number of amidine groups is 1. The average Bonchev–Trinajstić information content (AvgIpc) is 2.67. The van der Waals surface area contributed by atoms with Crippen molar-refractivity contribution in [3.63, 3.8) is 0 Å². The fourth-order valence-corrected chi connectivity index (χ4v) is 4.87. The zero-order valence-electron chi connectivity index (χ0n) is 8.91. The van der Waals surface area contributed by atoms with Crippen LogP contribution in [0, 0.1) is 0 Å². The molecule has 2 heterocycles. The fraction of sp³-hybridized carbons (Fsp3) is 0.889. The molecule has 0 spiro atoms. The number of aliphatic hydroxyl groups is 3. The first kappa shape index (κ1) is 12.5. The van der Waals surface area contributed by atoms with Crippen LogP contribution in [0.5, 0.6) is 0 Å². The van der Waals surface area contributed by atoms with Crippen molar-refractivity contribution in [1.29, 1.82) is 0 Å². The number of fused-ring (bicyclic) bond motifs is 1. The van der Waals surface area contributed by atoms with E-state index in [9.17, 15) is 10.2 Å². The van der Waals surface area contributed by atoms with Crippen LogP contribution in [0.15, 0.2) is 4.99 Å². The summed E-state index contributed by atoms with van der Waals surface area (Å²) in [6, 6.07) is -0.276. The number of aliphatic imine (C=N–C) groups is 1. The monoisotopic (exact) mass is 264 g/mol. The molecule has 0 aliphatic carbocycles. The van der Waals surface area contributed by atoms with Gasteiger partial charge in [0, 0.05) is 6.54 Å². The van der Waals surface area contributed by atoms with Crippen molar-refractivity contribution >= 4 is 28.7 Å². The SMILES string of the molecule is CCNC1=N[C@H]2C(S1)S[C@H](CO)[C@@H](O)[C@@H]2O. The van der Waals surface area contributed by atoms with Crippen molar-refractivity contribution in [2.24, 2.45) is 4.99 Å². The molecule has 2 aliphatic rings. The maximum atomic E-state index is 9.91. The molecule has 0 saturated carbocycles. The second-order valence-corrected chi connectivity index (χ2v) is 6.59. The zero-order valence-corrected chi connectivity index (χ0v) is 10.5. The van der Waals surface area contributed by atoms with E-state index in [4.69, 9.17) is 5.11 Å². The Morgan fingerprint density at radius 3 is 2.75 bits per heavy atom. The van der Waals surface area contributed by atoms with Gasteiger partial charge in [-0.05, 0) is 6.92 Å². The van der Waals surface area contributed by atoms with Crippen molar-refractivity contribution in [2.75, 3.05) is 13.2 Å². The van der Waals surface area contributed by atoms with E-state index in [-0.39, 0.29) is 22.5 Å². The van der Waals surface area contributed by atoms with Gasteiger partial charge in [0.25, 0.3) is 0 Å². The molecule has 16 heavy (non-hydrogen) atoms. The molecule has 0 amide bonds. The quantitative estimate of drug-likeness (QED) is 0.524. The first-order chi connectivity index (χ1) is 7.67. The molecule has 0 bridgehead atoms. The molecule has 2 aliphatic heterocycles. The van der Waals surface area contributed by atoms with Gasteiger partial charge in [0.2, 0.25) is 0 Å². The molecule has 1 unspecified atom stereocenters. The van der Waals surface area contributed by atoms with Gasteiger partial charge in [-0.1, -0.05) is 11.8 Å². The summed E-state index contributed by atoms with van der Waals surface area (Å²) in [5.41, 5.74) is 0. The van der Waals surface area contributed by atoms with Crippen LogP contribution in [-0.2, 0) is 0 Å². The molecular weight excluding hydrogens is 248 g/mol. The molecular formula is C9H16N2O3S2. The molecule has 0 radical (unpaired) electrons. The van der Waals surface area contributed by atoms with Crippen LogP contribution in [0.2, 0.25) is 0 Å². The van der Waals surface area contributed by atoms with Crippen LogP contribution in [0.1, 0.15) is 6.92 Å². The van der Waals surface area contributed by atoms with Gasteiger partial charge in [0.05, 0.1) is 22.5 Å². The van der Waals surface area contributed by atoms with Gasteiger partial charge >= 0.3 is 0 Å². The largest absolute Gasteiger partial charge is 0.395 e. The number of nitrogens with zero attached hydrogens (tertiary/aromatic N) is 1. The molecule has 1 fully saturated rings. The molecule has 5 atom stereocenters. The highest BCUT2D eigenvalue weighted by molar-refractivity contribution is 8.25. The molecule has 0 aromatic rings. The first-order valence-electron chi connectivity index (χ1n) is 5.28. The lowest BCUT2D eigenvalue weighted by Crippen LogP contribution is -2.51. The van der Waals surface area contributed by atoms with E-state index in [0.29, 0.717) is 0 Å². The van der Waals surface area contributed by atoms with Crippen LogP contribution in [0.4, 0.5) is 0 Å². The lowest BCUT2D eigenvalue weighted by atomic mass is 10.0. The first-order valence-corrected chi connectivity index (χ1v) is 7.10. The number of thioether (sulfide) groups is 2.